The number of rotatable bonds is 3. The van der Waals surface area contributed by atoms with E-state index in [0.717, 1.165) is 6.29 Å². The maximum Gasteiger partial charge on any atom is 0.131 e. The molecule has 0 saturated carbocycles. The second-order valence-electron chi connectivity index (χ2n) is 2.64. The van der Waals surface area contributed by atoms with Gasteiger partial charge in [-0.15, -0.1) is 0 Å². The lowest BCUT2D eigenvalue weighted by molar-refractivity contribution is -0.112. The minimum atomic E-state index is -0.695. The normalized spacial score (nSPS) is 11.9. The molecule has 0 unspecified atom stereocenters. The van der Waals surface area contributed by atoms with Crippen molar-refractivity contribution in [2.45, 2.75) is 13.8 Å². The Hall–Kier alpha value is -0.990. The number of aldehydes is 1. The van der Waals surface area contributed by atoms with Gasteiger partial charge in [-0.2, -0.15) is 0 Å². The minimum absolute atomic E-state index is 0.241. The van der Waals surface area contributed by atoms with Crippen LogP contribution in [0.1, 0.15) is 13.8 Å². The second-order valence-corrected chi connectivity index (χ2v) is 2.64. The zero-order chi connectivity index (χ0) is 8.20. The molecule has 0 spiro atoms. The van der Waals surface area contributed by atoms with Crippen LogP contribution < -0.4 is 0 Å². The molecule has 3 nitrogen and oxygen atoms in total. The van der Waals surface area contributed by atoms with Gasteiger partial charge in [-0.3, -0.25) is 4.99 Å². The molecule has 0 aromatic carbocycles. The molecule has 56 valence electrons. The molecule has 0 heterocycles. The molecule has 1 N–H and O–H groups in total. The zero-order valence-corrected chi connectivity index (χ0v) is 6.51. The Morgan fingerprint density at radius 1 is 1.60 bits per heavy atom. The molecule has 0 aromatic rings. The molecule has 3 heteroatoms. The van der Waals surface area contributed by atoms with E-state index in [2.05, 4.69) is 4.99 Å². The summed E-state index contributed by atoms with van der Waals surface area (Å²) in [6, 6.07) is 0. The van der Waals surface area contributed by atoms with Gasteiger partial charge in [-0.25, -0.2) is 0 Å². The van der Waals surface area contributed by atoms with Gasteiger partial charge >= 0.3 is 0 Å². The van der Waals surface area contributed by atoms with E-state index in [0.29, 0.717) is 0 Å². The van der Waals surface area contributed by atoms with Gasteiger partial charge in [0, 0.05) is 13.3 Å². The lowest BCUT2D eigenvalue weighted by atomic mass is 9.90. The fourth-order valence-corrected chi connectivity index (χ4v) is 0.359. The first-order valence-electron chi connectivity index (χ1n) is 3.02. The molecular weight excluding hydrogens is 128 g/mol. The summed E-state index contributed by atoms with van der Waals surface area (Å²) in [4.78, 5) is 14.0. The van der Waals surface area contributed by atoms with Crippen molar-refractivity contribution in [2.24, 2.45) is 10.4 Å². The van der Waals surface area contributed by atoms with Gasteiger partial charge in [0.15, 0.2) is 0 Å². The Morgan fingerprint density at radius 3 is 2.40 bits per heavy atom. The Kier molecular flexibility index (Phi) is 2.93. The molecule has 10 heavy (non-hydrogen) atoms. The molecule has 0 fully saturated rings. The monoisotopic (exact) mass is 140 g/mol. The third-order valence-electron chi connectivity index (χ3n) is 1.25. The summed E-state index contributed by atoms with van der Waals surface area (Å²) in [5.74, 6) is 0. The van der Waals surface area contributed by atoms with Crippen LogP contribution in [0.15, 0.2) is 4.99 Å². The maximum atomic E-state index is 10.3. The van der Waals surface area contributed by atoms with E-state index in [9.17, 15) is 4.79 Å². The van der Waals surface area contributed by atoms with E-state index in [1.165, 1.54) is 6.21 Å². The minimum Gasteiger partial charge on any atom is -0.303 e. The van der Waals surface area contributed by atoms with E-state index in [-0.39, 0.29) is 5.71 Å². The van der Waals surface area contributed by atoms with Crippen LogP contribution >= 0.6 is 0 Å². The van der Waals surface area contributed by atoms with Crippen LogP contribution in [0.4, 0.5) is 0 Å². The third-order valence-corrected chi connectivity index (χ3v) is 1.25. The number of nitrogens with zero attached hydrogens (tertiary/aromatic N) is 1. The van der Waals surface area contributed by atoms with Gasteiger partial charge < -0.3 is 10.2 Å². The Bertz CT molecular complexity index is 170. The van der Waals surface area contributed by atoms with E-state index in [4.69, 9.17) is 5.41 Å². The molecular formula is C7H12N2O. The number of nitrogens with one attached hydrogen (secondary N) is 1. The van der Waals surface area contributed by atoms with Gasteiger partial charge in [0.1, 0.15) is 6.29 Å². The molecule has 0 bridgehead atoms. The number of hydrogen-bond donors (Lipinski definition) is 1. The first-order valence-corrected chi connectivity index (χ1v) is 3.02. The summed E-state index contributed by atoms with van der Waals surface area (Å²) in [5.41, 5.74) is -0.454. The Morgan fingerprint density at radius 2 is 2.10 bits per heavy atom. The highest BCUT2D eigenvalue weighted by molar-refractivity contribution is 6.34. The SMILES string of the molecule is CN=CC(=N)C(C)(C)C=O. The van der Waals surface area contributed by atoms with Crippen LogP contribution in [-0.2, 0) is 4.79 Å². The summed E-state index contributed by atoms with van der Waals surface area (Å²) in [6.45, 7) is 3.37. The molecule has 0 radical (unpaired) electrons. The van der Waals surface area contributed by atoms with Crippen LogP contribution in [-0.4, -0.2) is 25.3 Å². The van der Waals surface area contributed by atoms with Gasteiger partial charge in [0.2, 0.25) is 0 Å². The van der Waals surface area contributed by atoms with Crippen molar-refractivity contribution in [2.75, 3.05) is 7.05 Å². The highest BCUT2D eigenvalue weighted by atomic mass is 16.1. The van der Waals surface area contributed by atoms with Crippen LogP contribution in [0, 0.1) is 10.8 Å². The molecule has 0 amide bonds. The topological polar surface area (TPSA) is 53.3 Å². The molecule has 0 aliphatic heterocycles. The zero-order valence-electron chi connectivity index (χ0n) is 6.51. The summed E-state index contributed by atoms with van der Waals surface area (Å²) >= 11 is 0. The first-order chi connectivity index (χ1) is 4.54. The van der Waals surface area contributed by atoms with E-state index >= 15 is 0 Å². The second kappa shape index (κ2) is 3.25. The smallest absolute Gasteiger partial charge is 0.131 e. The lowest BCUT2D eigenvalue weighted by Gasteiger charge is -2.13. The third kappa shape index (κ3) is 2.09. The van der Waals surface area contributed by atoms with Crippen LogP contribution in [0.5, 0.6) is 0 Å². The summed E-state index contributed by atoms with van der Waals surface area (Å²) in [6.07, 6.45) is 2.13. The highest BCUT2D eigenvalue weighted by Gasteiger charge is 2.20. The van der Waals surface area contributed by atoms with Gasteiger partial charge in [0.05, 0.1) is 11.1 Å². The van der Waals surface area contributed by atoms with Crippen molar-refractivity contribution >= 4 is 18.2 Å². The summed E-state index contributed by atoms with van der Waals surface area (Å²) in [5, 5.41) is 7.31. The molecule has 0 aliphatic carbocycles. The van der Waals surface area contributed by atoms with Crippen LogP contribution in [0.3, 0.4) is 0 Å². The average Bonchev–Trinajstić information content (AvgIpc) is 1.89. The lowest BCUT2D eigenvalue weighted by Crippen LogP contribution is -2.25. The molecule has 0 aromatic heterocycles. The summed E-state index contributed by atoms with van der Waals surface area (Å²) < 4.78 is 0. The maximum absolute atomic E-state index is 10.3. The first kappa shape index (κ1) is 9.01. The fraction of sp³-hybridized carbons (Fsp3) is 0.571. The van der Waals surface area contributed by atoms with Crippen molar-refractivity contribution in [1.82, 2.24) is 0 Å². The van der Waals surface area contributed by atoms with Gasteiger partial charge in [-0.05, 0) is 13.8 Å². The number of hydrogen-bond acceptors (Lipinski definition) is 3. The average molecular weight is 140 g/mol. The predicted molar refractivity (Wildman–Crippen MR) is 42.0 cm³/mol. The largest absolute Gasteiger partial charge is 0.303 e. The molecule has 0 atom stereocenters. The van der Waals surface area contributed by atoms with Crippen molar-refractivity contribution in [1.29, 1.82) is 5.41 Å². The quantitative estimate of drug-likeness (QED) is 0.460. The molecule has 0 rings (SSSR count). The highest BCUT2D eigenvalue weighted by Crippen LogP contribution is 2.10. The van der Waals surface area contributed by atoms with Gasteiger partial charge in [0.25, 0.3) is 0 Å². The Labute approximate surface area is 60.7 Å². The molecule has 0 saturated heterocycles. The van der Waals surface area contributed by atoms with Crippen molar-refractivity contribution in [3.8, 4) is 0 Å². The van der Waals surface area contributed by atoms with E-state index in [1.807, 2.05) is 0 Å². The standard InChI is InChI=1S/C7H12N2O/c1-7(2,5-10)6(8)4-9-3/h4-5,8H,1-3H3. The number of carbonyl (C=O) groups excluding carboxylic acids is 1. The van der Waals surface area contributed by atoms with Crippen molar-refractivity contribution in [3.05, 3.63) is 0 Å². The van der Waals surface area contributed by atoms with Gasteiger partial charge in [-0.1, -0.05) is 0 Å². The van der Waals surface area contributed by atoms with Crippen LogP contribution in [0.2, 0.25) is 0 Å². The summed E-state index contributed by atoms with van der Waals surface area (Å²) in [7, 11) is 1.58. The number of aliphatic imine (C=N–C) groups is 1. The number of carbonyl (C=O) groups is 1. The fourth-order valence-electron chi connectivity index (χ4n) is 0.359. The Balaban J connectivity index is 4.33. The van der Waals surface area contributed by atoms with Crippen molar-refractivity contribution in [3.63, 3.8) is 0 Å². The van der Waals surface area contributed by atoms with E-state index < -0.39 is 5.41 Å². The van der Waals surface area contributed by atoms with E-state index in [1.54, 1.807) is 20.9 Å². The molecule has 0 aliphatic rings. The van der Waals surface area contributed by atoms with Crippen LogP contribution in [0.25, 0.3) is 0 Å². The predicted octanol–water partition coefficient (Wildman–Crippen LogP) is 0.932. The van der Waals surface area contributed by atoms with Crippen molar-refractivity contribution < 1.29 is 4.79 Å².